The zero-order valence-electron chi connectivity index (χ0n) is 11.3. The predicted octanol–water partition coefficient (Wildman–Crippen LogP) is 2.61. The third-order valence-electron chi connectivity index (χ3n) is 4.05. The maximum atomic E-state index is 12.0. The van der Waals surface area contributed by atoms with Crippen molar-refractivity contribution in [2.75, 3.05) is 0 Å². The van der Waals surface area contributed by atoms with Crippen LogP contribution in [-0.4, -0.2) is 18.0 Å². The number of hydrogen-bond donors (Lipinski definition) is 2. The first-order valence-corrected chi connectivity index (χ1v) is 7.44. The molecule has 0 radical (unpaired) electrons. The van der Waals surface area contributed by atoms with Crippen LogP contribution < -0.4 is 10.6 Å². The molecule has 3 rings (SSSR count). The molecule has 0 saturated heterocycles. The Hall–Kier alpha value is -1.35. The molecule has 1 amide bonds. The Kier molecular flexibility index (Phi) is 3.83. The molecule has 1 aromatic rings. The molecule has 2 N–H and O–H groups in total. The topological polar surface area (TPSA) is 41.1 Å². The second kappa shape index (κ2) is 5.74. The highest BCUT2D eigenvalue weighted by molar-refractivity contribution is 5.94. The highest BCUT2D eigenvalue weighted by Crippen LogP contribution is 2.20. The van der Waals surface area contributed by atoms with Gasteiger partial charge < -0.3 is 10.6 Å². The highest BCUT2D eigenvalue weighted by atomic mass is 16.1. The van der Waals surface area contributed by atoms with Crippen LogP contribution in [0, 0.1) is 0 Å². The van der Waals surface area contributed by atoms with Gasteiger partial charge in [-0.05, 0) is 43.4 Å². The molecule has 3 heteroatoms. The van der Waals surface area contributed by atoms with Crippen LogP contribution in [0.5, 0.6) is 0 Å². The van der Waals surface area contributed by atoms with Crippen molar-refractivity contribution in [1.82, 2.24) is 10.6 Å². The molecule has 0 aliphatic heterocycles. The average molecular weight is 258 g/mol. The molecule has 2 fully saturated rings. The van der Waals surface area contributed by atoms with Crippen LogP contribution in [0.15, 0.2) is 24.3 Å². The second-order valence-corrected chi connectivity index (χ2v) is 5.81. The minimum Gasteiger partial charge on any atom is -0.349 e. The summed E-state index contributed by atoms with van der Waals surface area (Å²) in [6, 6.07) is 9.08. The third kappa shape index (κ3) is 3.57. The summed E-state index contributed by atoms with van der Waals surface area (Å²) in [5.41, 5.74) is 1.99. The van der Waals surface area contributed by atoms with Crippen molar-refractivity contribution in [2.24, 2.45) is 0 Å². The maximum Gasteiger partial charge on any atom is 0.251 e. The van der Waals surface area contributed by atoms with Crippen LogP contribution in [0.25, 0.3) is 0 Å². The van der Waals surface area contributed by atoms with E-state index in [-0.39, 0.29) is 5.91 Å². The SMILES string of the molecule is O=C(NC1CC1)c1cccc(CNC2CCCC2)c1. The van der Waals surface area contributed by atoms with Crippen molar-refractivity contribution < 1.29 is 4.79 Å². The zero-order chi connectivity index (χ0) is 13.1. The summed E-state index contributed by atoms with van der Waals surface area (Å²) in [6.07, 6.45) is 7.55. The fraction of sp³-hybridized carbons (Fsp3) is 0.562. The van der Waals surface area contributed by atoms with Crippen molar-refractivity contribution in [3.05, 3.63) is 35.4 Å². The molecule has 2 saturated carbocycles. The first-order valence-electron chi connectivity index (χ1n) is 7.44. The fourth-order valence-corrected chi connectivity index (χ4v) is 2.71. The summed E-state index contributed by atoms with van der Waals surface area (Å²) in [5.74, 6) is 0.0743. The van der Waals surface area contributed by atoms with Gasteiger partial charge in [-0.3, -0.25) is 4.79 Å². The lowest BCUT2D eigenvalue weighted by Crippen LogP contribution is -2.27. The number of carbonyl (C=O) groups is 1. The average Bonchev–Trinajstić information content (AvgIpc) is 3.09. The number of benzene rings is 1. The van der Waals surface area contributed by atoms with Gasteiger partial charge in [0.05, 0.1) is 0 Å². The smallest absolute Gasteiger partial charge is 0.251 e. The molecule has 3 nitrogen and oxygen atoms in total. The first-order chi connectivity index (χ1) is 9.31. The molecule has 102 valence electrons. The Morgan fingerprint density at radius 1 is 1.11 bits per heavy atom. The minimum atomic E-state index is 0.0743. The van der Waals surface area contributed by atoms with Crippen LogP contribution in [0.1, 0.15) is 54.4 Å². The summed E-state index contributed by atoms with van der Waals surface area (Å²) in [6.45, 7) is 0.870. The van der Waals surface area contributed by atoms with E-state index in [1.165, 1.54) is 31.2 Å². The lowest BCUT2D eigenvalue weighted by atomic mass is 10.1. The molecule has 0 bridgehead atoms. The van der Waals surface area contributed by atoms with E-state index in [4.69, 9.17) is 0 Å². The Labute approximate surface area is 114 Å². The van der Waals surface area contributed by atoms with Crippen LogP contribution in [0.3, 0.4) is 0 Å². The molecular weight excluding hydrogens is 236 g/mol. The predicted molar refractivity (Wildman–Crippen MR) is 76.0 cm³/mol. The molecule has 0 heterocycles. The van der Waals surface area contributed by atoms with Crippen molar-refractivity contribution in [3.63, 3.8) is 0 Å². The molecule has 0 aromatic heterocycles. The van der Waals surface area contributed by atoms with E-state index < -0.39 is 0 Å². The van der Waals surface area contributed by atoms with E-state index in [1.54, 1.807) is 0 Å². The molecule has 0 spiro atoms. The van der Waals surface area contributed by atoms with E-state index in [0.29, 0.717) is 12.1 Å². The van der Waals surface area contributed by atoms with Gasteiger partial charge >= 0.3 is 0 Å². The summed E-state index contributed by atoms with van der Waals surface area (Å²) >= 11 is 0. The number of carbonyl (C=O) groups excluding carboxylic acids is 1. The Morgan fingerprint density at radius 3 is 2.63 bits per heavy atom. The van der Waals surface area contributed by atoms with E-state index in [2.05, 4.69) is 16.7 Å². The Balaban J connectivity index is 1.56. The van der Waals surface area contributed by atoms with Gasteiger partial charge in [0.2, 0.25) is 0 Å². The van der Waals surface area contributed by atoms with E-state index >= 15 is 0 Å². The molecule has 19 heavy (non-hydrogen) atoms. The van der Waals surface area contributed by atoms with Gasteiger partial charge in [0.25, 0.3) is 5.91 Å². The largest absolute Gasteiger partial charge is 0.349 e. The van der Waals surface area contributed by atoms with Crippen LogP contribution >= 0.6 is 0 Å². The minimum absolute atomic E-state index is 0.0743. The fourth-order valence-electron chi connectivity index (χ4n) is 2.71. The molecule has 0 atom stereocenters. The molecule has 2 aliphatic rings. The maximum absolute atomic E-state index is 12.0. The summed E-state index contributed by atoms with van der Waals surface area (Å²) < 4.78 is 0. The summed E-state index contributed by atoms with van der Waals surface area (Å²) in [4.78, 5) is 12.0. The van der Waals surface area contributed by atoms with Gasteiger partial charge in [-0.25, -0.2) is 0 Å². The van der Waals surface area contributed by atoms with Gasteiger partial charge in [0.1, 0.15) is 0 Å². The number of amides is 1. The van der Waals surface area contributed by atoms with Gasteiger partial charge in [0, 0.05) is 24.2 Å². The second-order valence-electron chi connectivity index (χ2n) is 5.81. The van der Waals surface area contributed by atoms with E-state index in [1.807, 2.05) is 18.2 Å². The van der Waals surface area contributed by atoms with E-state index in [9.17, 15) is 4.79 Å². The molecule has 0 unspecified atom stereocenters. The molecule has 2 aliphatic carbocycles. The number of rotatable bonds is 5. The Bertz CT molecular complexity index is 448. The molecular formula is C16H22N2O. The van der Waals surface area contributed by atoms with Crippen molar-refractivity contribution in [1.29, 1.82) is 0 Å². The van der Waals surface area contributed by atoms with E-state index in [0.717, 1.165) is 24.9 Å². The van der Waals surface area contributed by atoms with Gasteiger partial charge in [-0.15, -0.1) is 0 Å². The summed E-state index contributed by atoms with van der Waals surface area (Å²) in [7, 11) is 0. The number of nitrogens with one attached hydrogen (secondary N) is 2. The normalized spacial score (nSPS) is 19.6. The van der Waals surface area contributed by atoms with Gasteiger partial charge in [-0.2, -0.15) is 0 Å². The van der Waals surface area contributed by atoms with Crippen LogP contribution in [-0.2, 0) is 6.54 Å². The summed E-state index contributed by atoms with van der Waals surface area (Å²) in [5, 5.41) is 6.62. The first kappa shape index (κ1) is 12.7. The van der Waals surface area contributed by atoms with Crippen molar-refractivity contribution >= 4 is 5.91 Å². The quantitative estimate of drug-likeness (QED) is 0.852. The number of hydrogen-bond acceptors (Lipinski definition) is 2. The standard InChI is InChI=1S/C16H22N2O/c19-16(18-15-8-9-15)13-5-3-4-12(10-13)11-17-14-6-1-2-7-14/h3-5,10,14-15,17H,1-2,6-9,11H2,(H,18,19). The molecule has 1 aromatic carbocycles. The van der Waals surface area contributed by atoms with Gasteiger partial charge in [-0.1, -0.05) is 25.0 Å². The van der Waals surface area contributed by atoms with Gasteiger partial charge in [0.15, 0.2) is 0 Å². The van der Waals surface area contributed by atoms with Crippen LogP contribution in [0.4, 0.5) is 0 Å². The third-order valence-corrected chi connectivity index (χ3v) is 4.05. The monoisotopic (exact) mass is 258 g/mol. The lowest BCUT2D eigenvalue weighted by molar-refractivity contribution is 0.0951. The van der Waals surface area contributed by atoms with Crippen molar-refractivity contribution in [2.45, 2.75) is 57.2 Å². The Morgan fingerprint density at radius 2 is 1.89 bits per heavy atom. The van der Waals surface area contributed by atoms with Crippen LogP contribution in [0.2, 0.25) is 0 Å². The highest BCUT2D eigenvalue weighted by Gasteiger charge is 2.23. The lowest BCUT2D eigenvalue weighted by Gasteiger charge is -2.12. The van der Waals surface area contributed by atoms with Crippen molar-refractivity contribution in [3.8, 4) is 0 Å². The zero-order valence-corrected chi connectivity index (χ0v) is 11.3.